The number of aromatic amines is 1. The van der Waals surface area contributed by atoms with Crippen molar-refractivity contribution in [3.05, 3.63) is 71.4 Å². The number of hydrogen-bond acceptors (Lipinski definition) is 2. The Balaban J connectivity index is 1.71. The molecule has 0 aliphatic carbocycles. The van der Waals surface area contributed by atoms with Crippen molar-refractivity contribution >= 4 is 16.8 Å². The lowest BCUT2D eigenvalue weighted by Gasteiger charge is -2.20. The number of fused-ring (bicyclic) bond motifs is 2. The summed E-state index contributed by atoms with van der Waals surface area (Å²) in [5, 5.41) is 11.5. The van der Waals surface area contributed by atoms with Gasteiger partial charge in [0.05, 0.1) is 6.54 Å². The molecule has 0 bridgehead atoms. The molecule has 0 unspecified atom stereocenters. The number of carbonyl (C=O) groups is 1. The predicted octanol–water partition coefficient (Wildman–Crippen LogP) is 2.81. The maximum Gasteiger partial charge on any atom is 0.256 e. The molecule has 4 rings (SSSR count). The van der Waals surface area contributed by atoms with Gasteiger partial charge < -0.3 is 15.0 Å². The van der Waals surface area contributed by atoms with Crippen LogP contribution in [0.3, 0.4) is 0 Å². The molecule has 2 heterocycles. The van der Waals surface area contributed by atoms with E-state index in [1.54, 1.807) is 12.1 Å². The van der Waals surface area contributed by atoms with Crippen LogP contribution in [-0.4, -0.2) is 20.9 Å². The molecule has 4 heteroatoms. The standard InChI is InChI=1S/C17H14N2O2/c20-16-13-6-1-2-7-14(13)17(21)19(16)10-11-9-18-15-8-4-3-5-12(11)15/h1-9,16,18,20H,10H2/t16-/m0/s1. The fourth-order valence-electron chi connectivity index (χ4n) is 2.95. The number of nitrogens with one attached hydrogen (secondary N) is 1. The van der Waals surface area contributed by atoms with Gasteiger partial charge in [-0.05, 0) is 17.7 Å². The smallest absolute Gasteiger partial charge is 0.256 e. The first kappa shape index (κ1) is 12.2. The molecule has 0 radical (unpaired) electrons. The summed E-state index contributed by atoms with van der Waals surface area (Å²) in [6.07, 6.45) is 1.02. The zero-order valence-corrected chi connectivity index (χ0v) is 11.3. The molecule has 0 fully saturated rings. The molecule has 0 spiro atoms. The van der Waals surface area contributed by atoms with Crippen LogP contribution in [0.4, 0.5) is 0 Å². The summed E-state index contributed by atoms with van der Waals surface area (Å²) in [6.45, 7) is 0.388. The van der Waals surface area contributed by atoms with Crippen LogP contribution in [0.25, 0.3) is 10.9 Å². The summed E-state index contributed by atoms with van der Waals surface area (Å²) in [4.78, 5) is 17.1. The summed E-state index contributed by atoms with van der Waals surface area (Å²) in [6, 6.07) is 15.2. The lowest BCUT2D eigenvalue weighted by atomic mass is 10.1. The van der Waals surface area contributed by atoms with Gasteiger partial charge in [-0.15, -0.1) is 0 Å². The van der Waals surface area contributed by atoms with Gasteiger partial charge in [-0.2, -0.15) is 0 Å². The van der Waals surface area contributed by atoms with Crippen molar-refractivity contribution in [2.24, 2.45) is 0 Å². The second-order valence-corrected chi connectivity index (χ2v) is 5.25. The average molecular weight is 278 g/mol. The number of rotatable bonds is 2. The lowest BCUT2D eigenvalue weighted by molar-refractivity contribution is 0.0139. The van der Waals surface area contributed by atoms with Crippen molar-refractivity contribution in [3.8, 4) is 0 Å². The van der Waals surface area contributed by atoms with Crippen molar-refractivity contribution < 1.29 is 9.90 Å². The molecule has 0 saturated carbocycles. The largest absolute Gasteiger partial charge is 0.369 e. The third-order valence-electron chi connectivity index (χ3n) is 4.04. The highest BCUT2D eigenvalue weighted by molar-refractivity contribution is 5.99. The Morgan fingerprint density at radius 1 is 1.10 bits per heavy atom. The summed E-state index contributed by atoms with van der Waals surface area (Å²) >= 11 is 0. The zero-order chi connectivity index (χ0) is 14.4. The first-order valence-electron chi connectivity index (χ1n) is 6.88. The Bertz CT molecular complexity index is 837. The minimum Gasteiger partial charge on any atom is -0.369 e. The van der Waals surface area contributed by atoms with Gasteiger partial charge in [0, 0.05) is 28.2 Å². The number of aliphatic hydroxyl groups excluding tert-OH is 1. The molecule has 1 amide bonds. The fraction of sp³-hybridized carbons (Fsp3) is 0.118. The van der Waals surface area contributed by atoms with Crippen molar-refractivity contribution in [3.63, 3.8) is 0 Å². The van der Waals surface area contributed by atoms with Gasteiger partial charge in [-0.3, -0.25) is 4.79 Å². The number of H-pyrrole nitrogens is 1. The number of carbonyl (C=O) groups excluding carboxylic acids is 1. The van der Waals surface area contributed by atoms with Crippen LogP contribution in [0.2, 0.25) is 0 Å². The van der Waals surface area contributed by atoms with E-state index in [-0.39, 0.29) is 5.91 Å². The van der Waals surface area contributed by atoms with E-state index in [0.717, 1.165) is 16.5 Å². The van der Waals surface area contributed by atoms with E-state index < -0.39 is 6.23 Å². The predicted molar refractivity (Wildman–Crippen MR) is 79.6 cm³/mol. The van der Waals surface area contributed by atoms with Gasteiger partial charge in [0.1, 0.15) is 0 Å². The van der Waals surface area contributed by atoms with Gasteiger partial charge in [0.15, 0.2) is 6.23 Å². The van der Waals surface area contributed by atoms with E-state index in [2.05, 4.69) is 4.98 Å². The van der Waals surface area contributed by atoms with Crippen LogP contribution >= 0.6 is 0 Å². The Labute approximate surface area is 121 Å². The van der Waals surface area contributed by atoms with Crippen molar-refractivity contribution in [2.75, 3.05) is 0 Å². The molecule has 1 aliphatic rings. The molecule has 1 aliphatic heterocycles. The first-order chi connectivity index (χ1) is 10.3. The molecular weight excluding hydrogens is 264 g/mol. The first-order valence-corrected chi connectivity index (χ1v) is 6.88. The van der Waals surface area contributed by atoms with E-state index in [0.29, 0.717) is 17.7 Å². The molecule has 3 aromatic rings. The van der Waals surface area contributed by atoms with Gasteiger partial charge in [0.2, 0.25) is 0 Å². The minimum atomic E-state index is -0.873. The van der Waals surface area contributed by atoms with E-state index in [4.69, 9.17) is 0 Å². The molecule has 2 aromatic carbocycles. The van der Waals surface area contributed by atoms with Gasteiger partial charge in [0.25, 0.3) is 5.91 Å². The second kappa shape index (κ2) is 4.46. The SMILES string of the molecule is O=C1c2ccccc2[C@H](O)N1Cc1c[nH]c2ccccc12. The molecular formula is C17H14N2O2. The number of nitrogens with zero attached hydrogens (tertiary/aromatic N) is 1. The number of hydrogen-bond donors (Lipinski definition) is 2. The van der Waals surface area contributed by atoms with Crippen LogP contribution in [-0.2, 0) is 6.54 Å². The normalized spacial score (nSPS) is 17.5. The maximum atomic E-state index is 12.4. The summed E-state index contributed by atoms with van der Waals surface area (Å²) in [5.74, 6) is -0.122. The van der Waals surface area contributed by atoms with Gasteiger partial charge >= 0.3 is 0 Å². The number of benzene rings is 2. The third kappa shape index (κ3) is 1.76. The molecule has 104 valence electrons. The quantitative estimate of drug-likeness (QED) is 0.757. The fourth-order valence-corrected chi connectivity index (χ4v) is 2.95. The highest BCUT2D eigenvalue weighted by Crippen LogP contribution is 2.33. The number of para-hydroxylation sites is 1. The molecule has 21 heavy (non-hydrogen) atoms. The van der Waals surface area contributed by atoms with E-state index >= 15 is 0 Å². The van der Waals surface area contributed by atoms with Crippen molar-refractivity contribution in [2.45, 2.75) is 12.8 Å². The Morgan fingerprint density at radius 2 is 1.86 bits per heavy atom. The van der Waals surface area contributed by atoms with Crippen LogP contribution in [0.1, 0.15) is 27.7 Å². The number of aromatic nitrogens is 1. The maximum absolute atomic E-state index is 12.4. The summed E-state index contributed by atoms with van der Waals surface area (Å²) < 4.78 is 0. The third-order valence-corrected chi connectivity index (χ3v) is 4.04. The highest BCUT2D eigenvalue weighted by atomic mass is 16.3. The Kier molecular flexibility index (Phi) is 2.59. The average Bonchev–Trinajstić information content (AvgIpc) is 3.04. The van der Waals surface area contributed by atoms with Crippen LogP contribution in [0.15, 0.2) is 54.7 Å². The lowest BCUT2D eigenvalue weighted by Crippen LogP contribution is -2.27. The minimum absolute atomic E-state index is 0.122. The van der Waals surface area contributed by atoms with E-state index in [9.17, 15) is 9.90 Å². The topological polar surface area (TPSA) is 56.3 Å². The Hall–Kier alpha value is -2.59. The highest BCUT2D eigenvalue weighted by Gasteiger charge is 2.35. The van der Waals surface area contributed by atoms with Crippen LogP contribution in [0, 0.1) is 0 Å². The number of aliphatic hydroxyl groups is 1. The van der Waals surface area contributed by atoms with Crippen LogP contribution < -0.4 is 0 Å². The van der Waals surface area contributed by atoms with E-state index in [1.165, 1.54) is 4.90 Å². The monoisotopic (exact) mass is 278 g/mol. The second-order valence-electron chi connectivity index (χ2n) is 5.25. The molecule has 1 atom stereocenters. The molecule has 2 N–H and O–H groups in total. The zero-order valence-electron chi connectivity index (χ0n) is 11.3. The van der Waals surface area contributed by atoms with Gasteiger partial charge in [-0.1, -0.05) is 36.4 Å². The van der Waals surface area contributed by atoms with Crippen molar-refractivity contribution in [1.29, 1.82) is 0 Å². The van der Waals surface area contributed by atoms with Crippen molar-refractivity contribution in [1.82, 2.24) is 9.88 Å². The number of amides is 1. The Morgan fingerprint density at radius 3 is 2.71 bits per heavy atom. The van der Waals surface area contributed by atoms with E-state index in [1.807, 2.05) is 42.6 Å². The molecule has 4 nitrogen and oxygen atoms in total. The van der Waals surface area contributed by atoms with Gasteiger partial charge in [-0.25, -0.2) is 0 Å². The van der Waals surface area contributed by atoms with Crippen LogP contribution in [0.5, 0.6) is 0 Å². The summed E-state index contributed by atoms with van der Waals surface area (Å²) in [5.41, 5.74) is 3.31. The summed E-state index contributed by atoms with van der Waals surface area (Å²) in [7, 11) is 0. The molecule has 0 saturated heterocycles. The molecule has 1 aromatic heterocycles.